The van der Waals surface area contributed by atoms with Gasteiger partial charge in [0.25, 0.3) is 0 Å². The second-order valence-corrected chi connectivity index (χ2v) is 5.05. The Morgan fingerprint density at radius 2 is 2.50 bits per heavy atom. The lowest BCUT2D eigenvalue weighted by molar-refractivity contribution is 0.117. The molecule has 0 aromatic carbocycles. The molecule has 0 spiro atoms. The van der Waals surface area contributed by atoms with E-state index in [1.54, 1.807) is 17.5 Å². The van der Waals surface area contributed by atoms with Crippen molar-refractivity contribution in [1.29, 1.82) is 0 Å². The molecule has 3 nitrogen and oxygen atoms in total. The molecule has 0 amide bonds. The summed E-state index contributed by atoms with van der Waals surface area (Å²) in [6, 6.07) is 0.226. The van der Waals surface area contributed by atoms with Crippen molar-refractivity contribution in [2.75, 3.05) is 6.54 Å². The van der Waals surface area contributed by atoms with Gasteiger partial charge in [-0.15, -0.1) is 11.3 Å². The number of nitrogens with one attached hydrogen (secondary N) is 1. The van der Waals surface area contributed by atoms with Crippen LogP contribution < -0.4 is 5.32 Å². The van der Waals surface area contributed by atoms with Crippen molar-refractivity contribution in [3.05, 3.63) is 16.1 Å². The van der Waals surface area contributed by atoms with Gasteiger partial charge in [-0.2, -0.15) is 0 Å². The second kappa shape index (κ2) is 4.38. The van der Waals surface area contributed by atoms with Gasteiger partial charge in [-0.05, 0) is 26.3 Å². The first-order valence-electron chi connectivity index (χ1n) is 5.11. The van der Waals surface area contributed by atoms with E-state index in [-0.39, 0.29) is 12.1 Å². The number of thiazole rings is 1. The van der Waals surface area contributed by atoms with Gasteiger partial charge in [0.05, 0.1) is 9.88 Å². The SMILES string of the molecule is Cc1ncc(C(O)C2CCCCN2)s1. The average molecular weight is 212 g/mol. The molecule has 1 aliphatic heterocycles. The number of rotatable bonds is 2. The number of hydrogen-bond donors (Lipinski definition) is 2. The van der Waals surface area contributed by atoms with E-state index in [9.17, 15) is 5.11 Å². The lowest BCUT2D eigenvalue weighted by Gasteiger charge is -2.27. The van der Waals surface area contributed by atoms with Crippen LogP contribution in [0.15, 0.2) is 6.20 Å². The van der Waals surface area contributed by atoms with Crippen LogP contribution >= 0.6 is 11.3 Å². The first-order chi connectivity index (χ1) is 6.77. The maximum Gasteiger partial charge on any atom is 0.105 e. The molecule has 0 saturated carbocycles. The number of aromatic nitrogens is 1. The Balaban J connectivity index is 2.03. The number of aliphatic hydroxyl groups excluding tert-OH is 1. The zero-order valence-electron chi connectivity index (χ0n) is 8.36. The largest absolute Gasteiger partial charge is 0.386 e. The molecule has 78 valence electrons. The van der Waals surface area contributed by atoms with E-state index < -0.39 is 0 Å². The molecule has 4 heteroatoms. The van der Waals surface area contributed by atoms with Crippen molar-refractivity contribution in [3.63, 3.8) is 0 Å². The Kier molecular flexibility index (Phi) is 3.15. The van der Waals surface area contributed by atoms with Gasteiger partial charge in [0.15, 0.2) is 0 Å². The van der Waals surface area contributed by atoms with Crippen LogP contribution in [0, 0.1) is 6.92 Å². The average Bonchev–Trinajstić information content (AvgIpc) is 2.65. The van der Waals surface area contributed by atoms with Crippen molar-refractivity contribution in [2.45, 2.75) is 38.3 Å². The third-order valence-electron chi connectivity index (χ3n) is 2.66. The highest BCUT2D eigenvalue weighted by molar-refractivity contribution is 7.11. The number of aryl methyl sites for hydroxylation is 1. The molecule has 2 atom stereocenters. The first kappa shape index (κ1) is 10.1. The Hall–Kier alpha value is -0.450. The van der Waals surface area contributed by atoms with Gasteiger partial charge in [-0.25, -0.2) is 4.98 Å². The van der Waals surface area contributed by atoms with Crippen LogP contribution in [-0.4, -0.2) is 22.7 Å². The van der Waals surface area contributed by atoms with E-state index in [1.807, 2.05) is 6.92 Å². The number of nitrogens with zero attached hydrogens (tertiary/aromatic N) is 1. The van der Waals surface area contributed by atoms with Gasteiger partial charge < -0.3 is 10.4 Å². The summed E-state index contributed by atoms with van der Waals surface area (Å²) in [6.45, 7) is 2.99. The molecule has 14 heavy (non-hydrogen) atoms. The van der Waals surface area contributed by atoms with Crippen molar-refractivity contribution < 1.29 is 5.11 Å². The van der Waals surface area contributed by atoms with E-state index in [1.165, 1.54) is 12.8 Å². The van der Waals surface area contributed by atoms with Gasteiger partial charge >= 0.3 is 0 Å². The van der Waals surface area contributed by atoms with Crippen molar-refractivity contribution in [1.82, 2.24) is 10.3 Å². The molecule has 0 bridgehead atoms. The summed E-state index contributed by atoms with van der Waals surface area (Å²) in [7, 11) is 0. The Morgan fingerprint density at radius 3 is 3.07 bits per heavy atom. The quantitative estimate of drug-likeness (QED) is 0.783. The van der Waals surface area contributed by atoms with Crippen LogP contribution in [0.25, 0.3) is 0 Å². The third-order valence-corrected chi connectivity index (χ3v) is 3.64. The standard InChI is InChI=1S/C10H16N2OS/c1-7-12-6-9(14-7)10(13)8-4-2-3-5-11-8/h6,8,10-11,13H,2-5H2,1H3. The maximum atomic E-state index is 10.1. The Bertz CT molecular complexity index is 294. The van der Waals surface area contributed by atoms with Gasteiger partial charge in [-0.3, -0.25) is 0 Å². The van der Waals surface area contributed by atoms with Gasteiger partial charge in [0.2, 0.25) is 0 Å². The molecule has 1 saturated heterocycles. The lowest BCUT2D eigenvalue weighted by atomic mass is 9.99. The summed E-state index contributed by atoms with van der Waals surface area (Å²) in [5.41, 5.74) is 0. The number of piperidine rings is 1. The van der Waals surface area contributed by atoms with Gasteiger partial charge in [-0.1, -0.05) is 6.42 Å². The summed E-state index contributed by atoms with van der Waals surface area (Å²) < 4.78 is 0. The van der Waals surface area contributed by atoms with Crippen molar-refractivity contribution in [2.24, 2.45) is 0 Å². The monoisotopic (exact) mass is 212 g/mol. The van der Waals surface area contributed by atoms with E-state index in [0.29, 0.717) is 0 Å². The molecule has 1 fully saturated rings. The minimum Gasteiger partial charge on any atom is -0.386 e. The van der Waals surface area contributed by atoms with Crippen LogP contribution in [0.5, 0.6) is 0 Å². The fourth-order valence-electron chi connectivity index (χ4n) is 1.86. The maximum absolute atomic E-state index is 10.1. The minimum atomic E-state index is -0.374. The summed E-state index contributed by atoms with van der Waals surface area (Å²) in [5, 5.41) is 14.4. The molecule has 2 heterocycles. The Labute approximate surface area is 88.2 Å². The smallest absolute Gasteiger partial charge is 0.105 e. The molecule has 1 aromatic rings. The van der Waals surface area contributed by atoms with E-state index >= 15 is 0 Å². The zero-order chi connectivity index (χ0) is 9.97. The lowest BCUT2D eigenvalue weighted by Crippen LogP contribution is -2.38. The van der Waals surface area contributed by atoms with E-state index in [2.05, 4.69) is 10.3 Å². The molecule has 2 rings (SSSR count). The van der Waals surface area contributed by atoms with E-state index in [0.717, 1.165) is 22.9 Å². The molecule has 0 aliphatic carbocycles. The van der Waals surface area contributed by atoms with Crippen molar-refractivity contribution >= 4 is 11.3 Å². The van der Waals surface area contributed by atoms with Crippen LogP contribution in [0.4, 0.5) is 0 Å². The zero-order valence-corrected chi connectivity index (χ0v) is 9.18. The normalized spacial score (nSPS) is 24.9. The first-order valence-corrected chi connectivity index (χ1v) is 5.93. The molecule has 2 N–H and O–H groups in total. The topological polar surface area (TPSA) is 45.2 Å². The highest BCUT2D eigenvalue weighted by Gasteiger charge is 2.23. The number of hydrogen-bond acceptors (Lipinski definition) is 4. The molecule has 0 radical (unpaired) electrons. The third kappa shape index (κ3) is 2.13. The van der Waals surface area contributed by atoms with Crippen LogP contribution in [-0.2, 0) is 0 Å². The van der Waals surface area contributed by atoms with Crippen LogP contribution in [0.2, 0.25) is 0 Å². The highest BCUT2D eigenvalue weighted by Crippen LogP contribution is 2.26. The highest BCUT2D eigenvalue weighted by atomic mass is 32.1. The van der Waals surface area contributed by atoms with Crippen LogP contribution in [0.1, 0.15) is 35.3 Å². The molecular formula is C10H16N2OS. The fraction of sp³-hybridized carbons (Fsp3) is 0.700. The van der Waals surface area contributed by atoms with Gasteiger partial charge in [0, 0.05) is 12.2 Å². The second-order valence-electron chi connectivity index (χ2n) is 3.78. The summed E-state index contributed by atoms with van der Waals surface area (Å²) in [5.74, 6) is 0. The molecule has 2 unspecified atom stereocenters. The van der Waals surface area contributed by atoms with Crippen LogP contribution in [0.3, 0.4) is 0 Å². The summed E-state index contributed by atoms with van der Waals surface area (Å²) >= 11 is 1.59. The van der Waals surface area contributed by atoms with Gasteiger partial charge in [0.1, 0.15) is 6.10 Å². The summed E-state index contributed by atoms with van der Waals surface area (Å²) in [6.07, 6.45) is 4.93. The summed E-state index contributed by atoms with van der Waals surface area (Å²) in [4.78, 5) is 5.15. The predicted octanol–water partition coefficient (Wildman–Crippen LogP) is 1.63. The predicted molar refractivity (Wildman–Crippen MR) is 57.5 cm³/mol. The molecule has 1 aromatic heterocycles. The fourth-order valence-corrected chi connectivity index (χ4v) is 2.70. The Morgan fingerprint density at radius 1 is 1.64 bits per heavy atom. The van der Waals surface area contributed by atoms with Crippen molar-refractivity contribution in [3.8, 4) is 0 Å². The minimum absolute atomic E-state index is 0.226. The number of aliphatic hydroxyl groups is 1. The van der Waals surface area contributed by atoms with E-state index in [4.69, 9.17) is 0 Å². The molecular weight excluding hydrogens is 196 g/mol. The molecule has 1 aliphatic rings.